The van der Waals surface area contributed by atoms with Crippen molar-refractivity contribution in [2.45, 2.75) is 58.0 Å². The zero-order valence-electron chi connectivity index (χ0n) is 15.8. The Balaban J connectivity index is 0.00000338. The Morgan fingerprint density at radius 2 is 2.04 bits per heavy atom. The smallest absolute Gasteiger partial charge is 0.221 e. The number of carbonyl (C=O) groups excluding carboxylic acids is 1. The van der Waals surface area contributed by atoms with Crippen LogP contribution in [0.1, 0.15) is 56.2 Å². The van der Waals surface area contributed by atoms with E-state index in [9.17, 15) is 9.18 Å². The summed E-state index contributed by atoms with van der Waals surface area (Å²) in [4.78, 5) is 16.1. The molecule has 1 fully saturated rings. The van der Waals surface area contributed by atoms with Gasteiger partial charge in [-0.25, -0.2) is 4.39 Å². The van der Waals surface area contributed by atoms with Crippen LogP contribution in [-0.4, -0.2) is 31.5 Å². The van der Waals surface area contributed by atoms with E-state index in [0.29, 0.717) is 30.5 Å². The van der Waals surface area contributed by atoms with E-state index in [1.165, 1.54) is 18.9 Å². The van der Waals surface area contributed by atoms with E-state index in [1.54, 1.807) is 20.0 Å². The lowest BCUT2D eigenvalue weighted by Crippen LogP contribution is -2.41. The monoisotopic (exact) mass is 476 g/mol. The van der Waals surface area contributed by atoms with Crippen molar-refractivity contribution in [3.8, 4) is 0 Å². The Kier molecular flexibility index (Phi) is 9.90. The molecule has 1 unspecified atom stereocenters. The highest BCUT2D eigenvalue weighted by Gasteiger charge is 2.17. The van der Waals surface area contributed by atoms with Crippen LogP contribution >= 0.6 is 24.0 Å². The fraction of sp³-hybridized carbons (Fsp3) is 0.579. The number of hydrogen-bond acceptors (Lipinski definition) is 2. The lowest BCUT2D eigenvalue weighted by atomic mass is 10.1. The highest BCUT2D eigenvalue weighted by Crippen LogP contribution is 2.17. The highest BCUT2D eigenvalue weighted by atomic mass is 127. The number of guanidine groups is 1. The first-order valence-electron chi connectivity index (χ1n) is 9.02. The Labute approximate surface area is 172 Å². The van der Waals surface area contributed by atoms with E-state index < -0.39 is 0 Å². The average molecular weight is 476 g/mol. The second-order valence-corrected chi connectivity index (χ2v) is 6.67. The summed E-state index contributed by atoms with van der Waals surface area (Å²) in [5.41, 5.74) is 1.48. The maximum Gasteiger partial charge on any atom is 0.221 e. The van der Waals surface area contributed by atoms with E-state index in [-0.39, 0.29) is 41.7 Å². The number of nitrogens with zero attached hydrogens (tertiary/aromatic N) is 1. The van der Waals surface area contributed by atoms with Gasteiger partial charge in [-0.15, -0.1) is 24.0 Å². The molecule has 146 valence electrons. The molecular formula is C19H30FIN4O. The van der Waals surface area contributed by atoms with Gasteiger partial charge in [-0.2, -0.15) is 0 Å². The molecule has 0 aromatic heterocycles. The molecule has 0 saturated heterocycles. The molecule has 0 radical (unpaired) electrons. The van der Waals surface area contributed by atoms with E-state index in [0.717, 1.165) is 18.4 Å². The van der Waals surface area contributed by atoms with Gasteiger partial charge < -0.3 is 16.0 Å². The summed E-state index contributed by atoms with van der Waals surface area (Å²) >= 11 is 0. The lowest BCUT2D eigenvalue weighted by molar-refractivity contribution is -0.121. The van der Waals surface area contributed by atoms with Crippen molar-refractivity contribution >= 4 is 35.8 Å². The van der Waals surface area contributed by atoms with Gasteiger partial charge in [0.15, 0.2) is 5.96 Å². The first-order valence-corrected chi connectivity index (χ1v) is 9.02. The molecule has 5 nitrogen and oxygen atoms in total. The van der Waals surface area contributed by atoms with Crippen molar-refractivity contribution in [2.75, 3.05) is 13.6 Å². The predicted octanol–water partition coefficient (Wildman–Crippen LogP) is 3.43. The topological polar surface area (TPSA) is 65.5 Å². The van der Waals surface area contributed by atoms with Gasteiger partial charge in [0, 0.05) is 26.1 Å². The number of benzene rings is 1. The third kappa shape index (κ3) is 7.09. The molecule has 0 heterocycles. The molecule has 1 aliphatic rings. The Hall–Kier alpha value is -1.38. The van der Waals surface area contributed by atoms with Crippen molar-refractivity contribution in [1.29, 1.82) is 0 Å². The second kappa shape index (κ2) is 11.4. The van der Waals surface area contributed by atoms with Gasteiger partial charge in [-0.1, -0.05) is 25.0 Å². The third-order valence-electron chi connectivity index (χ3n) is 4.64. The standard InChI is InChI=1S/C19H29FN4O.HI/c1-13-8-9-15(12-17(13)20)14(2)23-19(21-3)22-11-10-18(25)24-16-6-4-5-7-16;/h8-9,12,14,16H,4-7,10-11H2,1-3H3,(H,24,25)(H2,21,22,23);1H. The number of aryl methyl sites for hydroxylation is 1. The number of rotatable bonds is 6. The summed E-state index contributed by atoms with van der Waals surface area (Å²) in [5, 5.41) is 9.42. The Bertz CT molecular complexity index is 618. The van der Waals surface area contributed by atoms with E-state index in [2.05, 4.69) is 20.9 Å². The molecule has 26 heavy (non-hydrogen) atoms. The number of amides is 1. The van der Waals surface area contributed by atoms with Crippen LogP contribution in [0.4, 0.5) is 4.39 Å². The van der Waals surface area contributed by atoms with Gasteiger partial charge in [0.1, 0.15) is 5.82 Å². The molecule has 1 atom stereocenters. The van der Waals surface area contributed by atoms with Crippen LogP contribution < -0.4 is 16.0 Å². The zero-order chi connectivity index (χ0) is 18.2. The Morgan fingerprint density at radius 1 is 1.35 bits per heavy atom. The van der Waals surface area contributed by atoms with E-state index >= 15 is 0 Å². The summed E-state index contributed by atoms with van der Waals surface area (Å²) in [5.74, 6) is 0.461. The van der Waals surface area contributed by atoms with Gasteiger partial charge in [-0.05, 0) is 43.9 Å². The van der Waals surface area contributed by atoms with Gasteiger partial charge in [0.05, 0.1) is 6.04 Å². The van der Waals surface area contributed by atoms with Crippen molar-refractivity contribution < 1.29 is 9.18 Å². The van der Waals surface area contributed by atoms with Gasteiger partial charge in [-0.3, -0.25) is 9.79 Å². The fourth-order valence-corrected chi connectivity index (χ4v) is 3.03. The normalized spacial score (nSPS) is 15.9. The van der Waals surface area contributed by atoms with Crippen LogP contribution in [0.3, 0.4) is 0 Å². The number of halogens is 2. The zero-order valence-corrected chi connectivity index (χ0v) is 18.1. The summed E-state index contributed by atoms with van der Waals surface area (Å²) in [6, 6.07) is 5.47. The highest BCUT2D eigenvalue weighted by molar-refractivity contribution is 14.0. The largest absolute Gasteiger partial charge is 0.356 e. The molecule has 2 rings (SSSR count). The van der Waals surface area contributed by atoms with Crippen LogP contribution in [0.5, 0.6) is 0 Å². The number of nitrogens with one attached hydrogen (secondary N) is 3. The number of hydrogen-bond donors (Lipinski definition) is 3. The third-order valence-corrected chi connectivity index (χ3v) is 4.64. The van der Waals surface area contributed by atoms with Crippen LogP contribution in [0.25, 0.3) is 0 Å². The molecule has 0 spiro atoms. The number of carbonyl (C=O) groups is 1. The van der Waals surface area contributed by atoms with Crippen molar-refractivity contribution in [1.82, 2.24) is 16.0 Å². The second-order valence-electron chi connectivity index (χ2n) is 6.67. The first-order chi connectivity index (χ1) is 12.0. The molecule has 1 amide bonds. The molecule has 1 aromatic rings. The first kappa shape index (κ1) is 22.7. The summed E-state index contributed by atoms with van der Waals surface area (Å²) in [6.07, 6.45) is 5.00. The van der Waals surface area contributed by atoms with Gasteiger partial charge in [0.25, 0.3) is 0 Å². The summed E-state index contributed by atoms with van der Waals surface area (Å²) in [6.45, 7) is 4.20. The van der Waals surface area contributed by atoms with Gasteiger partial charge >= 0.3 is 0 Å². The summed E-state index contributed by atoms with van der Waals surface area (Å²) in [7, 11) is 1.68. The lowest BCUT2D eigenvalue weighted by Gasteiger charge is -2.19. The molecule has 1 aromatic carbocycles. The minimum atomic E-state index is -0.210. The molecule has 7 heteroatoms. The van der Waals surface area contributed by atoms with Crippen LogP contribution in [0, 0.1) is 12.7 Å². The SMILES string of the molecule is CN=C(NCCC(=O)NC1CCCC1)NC(C)c1ccc(C)c(F)c1.I. The van der Waals surface area contributed by atoms with E-state index in [1.807, 2.05) is 13.0 Å². The summed E-state index contributed by atoms with van der Waals surface area (Å²) < 4.78 is 13.7. The molecule has 0 bridgehead atoms. The minimum absolute atomic E-state index is 0. The van der Waals surface area contributed by atoms with E-state index in [4.69, 9.17) is 0 Å². The average Bonchev–Trinajstić information content (AvgIpc) is 3.09. The van der Waals surface area contributed by atoms with Crippen molar-refractivity contribution in [3.05, 3.63) is 35.1 Å². The molecular weight excluding hydrogens is 446 g/mol. The van der Waals surface area contributed by atoms with Crippen molar-refractivity contribution in [2.24, 2.45) is 4.99 Å². The van der Waals surface area contributed by atoms with Crippen molar-refractivity contribution in [3.63, 3.8) is 0 Å². The molecule has 0 aliphatic heterocycles. The fourth-order valence-electron chi connectivity index (χ4n) is 3.03. The molecule has 1 saturated carbocycles. The van der Waals surface area contributed by atoms with Gasteiger partial charge in [0.2, 0.25) is 5.91 Å². The maximum atomic E-state index is 13.7. The Morgan fingerprint density at radius 3 is 2.65 bits per heavy atom. The van der Waals surface area contributed by atoms with Crippen LogP contribution in [0.15, 0.2) is 23.2 Å². The number of aliphatic imine (C=N–C) groups is 1. The van der Waals surface area contributed by atoms with Crippen LogP contribution in [-0.2, 0) is 4.79 Å². The minimum Gasteiger partial charge on any atom is -0.356 e. The quantitative estimate of drug-likeness (QED) is 0.335. The maximum absolute atomic E-state index is 13.7. The predicted molar refractivity (Wildman–Crippen MR) is 114 cm³/mol. The molecule has 1 aliphatic carbocycles. The molecule has 3 N–H and O–H groups in total. The van der Waals surface area contributed by atoms with Crippen LogP contribution in [0.2, 0.25) is 0 Å².